The van der Waals surface area contributed by atoms with Gasteiger partial charge in [0.2, 0.25) is 0 Å². The molecule has 1 aromatic rings. The second-order valence-corrected chi connectivity index (χ2v) is 7.95. The molecule has 1 aliphatic heterocycles. The molecule has 0 bridgehead atoms. The van der Waals surface area contributed by atoms with Crippen LogP contribution in [-0.4, -0.2) is 71.4 Å². The van der Waals surface area contributed by atoms with Crippen LogP contribution in [0.1, 0.15) is 43.6 Å². The van der Waals surface area contributed by atoms with Crippen LogP contribution in [-0.2, 0) is 4.74 Å². The van der Waals surface area contributed by atoms with Crippen LogP contribution in [0.15, 0.2) is 18.2 Å². The van der Waals surface area contributed by atoms with Crippen molar-refractivity contribution >= 4 is 12.1 Å². The second-order valence-electron chi connectivity index (χ2n) is 7.95. The van der Waals surface area contributed by atoms with Crippen LogP contribution in [0.25, 0.3) is 0 Å². The van der Waals surface area contributed by atoms with Crippen molar-refractivity contribution in [2.24, 2.45) is 0 Å². The summed E-state index contributed by atoms with van der Waals surface area (Å²) >= 11 is 0. The molecule has 1 fully saturated rings. The van der Waals surface area contributed by atoms with Crippen molar-refractivity contribution in [2.75, 3.05) is 32.8 Å². The number of hydrogen-bond donors (Lipinski definition) is 1. The zero-order chi connectivity index (χ0) is 20.2. The monoisotopic (exact) mass is 378 g/mol. The largest absolute Gasteiger partial charge is 0.492 e. The highest BCUT2D eigenvalue weighted by Gasteiger charge is 2.30. The minimum absolute atomic E-state index is 0.0617. The molecule has 1 atom stereocenters. The highest BCUT2D eigenvalue weighted by atomic mass is 16.6. The van der Waals surface area contributed by atoms with Gasteiger partial charge in [0.05, 0.1) is 5.56 Å². The standard InChI is InChI=1S/C20H30N2O5/c1-14-6-7-16(12-17(14)18(23)24)26-11-10-21-8-9-22(15(2)13-21)19(25)27-20(3,4)5/h6-7,12,15H,8-11,13H2,1-5H3,(H,23,24)/t15-/m0/s1. The number of nitrogens with zero attached hydrogens (tertiary/aromatic N) is 2. The quantitative estimate of drug-likeness (QED) is 0.848. The van der Waals surface area contributed by atoms with Gasteiger partial charge in [-0.15, -0.1) is 0 Å². The number of carbonyl (C=O) groups is 2. The molecule has 1 aliphatic rings. The number of carboxylic acid groups (broad SMARTS) is 1. The fraction of sp³-hybridized carbons (Fsp3) is 0.600. The molecule has 7 nitrogen and oxygen atoms in total. The Morgan fingerprint density at radius 3 is 2.56 bits per heavy atom. The molecule has 0 unspecified atom stereocenters. The number of piperazine rings is 1. The number of carboxylic acids is 1. The maximum absolute atomic E-state index is 12.3. The van der Waals surface area contributed by atoms with Gasteiger partial charge < -0.3 is 19.5 Å². The van der Waals surface area contributed by atoms with E-state index >= 15 is 0 Å². The van der Waals surface area contributed by atoms with E-state index in [0.717, 1.165) is 13.1 Å². The number of ether oxygens (including phenoxy) is 2. The number of aryl methyl sites for hydroxylation is 1. The summed E-state index contributed by atoms with van der Waals surface area (Å²) in [6.07, 6.45) is -0.272. The summed E-state index contributed by atoms with van der Waals surface area (Å²) in [4.78, 5) is 27.5. The number of carbonyl (C=O) groups excluding carboxylic acids is 1. The number of amides is 1. The van der Waals surface area contributed by atoms with Gasteiger partial charge in [0.25, 0.3) is 0 Å². The van der Waals surface area contributed by atoms with E-state index in [4.69, 9.17) is 9.47 Å². The molecule has 0 radical (unpaired) electrons. The van der Waals surface area contributed by atoms with E-state index in [2.05, 4.69) is 4.90 Å². The summed E-state index contributed by atoms with van der Waals surface area (Å²) in [6, 6.07) is 5.15. The van der Waals surface area contributed by atoms with Gasteiger partial charge in [-0.1, -0.05) is 6.07 Å². The Hall–Kier alpha value is -2.28. The fourth-order valence-corrected chi connectivity index (χ4v) is 3.04. The zero-order valence-electron chi connectivity index (χ0n) is 16.8. The van der Waals surface area contributed by atoms with Crippen LogP contribution in [0.5, 0.6) is 5.75 Å². The SMILES string of the molecule is Cc1ccc(OCCN2CCN(C(=O)OC(C)(C)C)[C@@H](C)C2)cc1C(=O)O. The fourth-order valence-electron chi connectivity index (χ4n) is 3.04. The third-order valence-corrected chi connectivity index (χ3v) is 4.46. The van der Waals surface area contributed by atoms with Gasteiger partial charge in [-0.3, -0.25) is 4.90 Å². The Morgan fingerprint density at radius 1 is 1.26 bits per heavy atom. The first-order chi connectivity index (χ1) is 12.6. The lowest BCUT2D eigenvalue weighted by atomic mass is 10.1. The summed E-state index contributed by atoms with van der Waals surface area (Å²) in [5.41, 5.74) is 0.471. The van der Waals surface area contributed by atoms with Crippen molar-refractivity contribution in [3.05, 3.63) is 29.3 Å². The summed E-state index contributed by atoms with van der Waals surface area (Å²) in [7, 11) is 0. The third kappa shape index (κ3) is 6.13. The van der Waals surface area contributed by atoms with E-state index in [1.807, 2.05) is 27.7 Å². The van der Waals surface area contributed by atoms with Crippen LogP contribution in [0.2, 0.25) is 0 Å². The average Bonchev–Trinajstić information content (AvgIpc) is 2.54. The Bertz CT molecular complexity index is 683. The van der Waals surface area contributed by atoms with E-state index in [1.165, 1.54) is 0 Å². The molecule has 1 N–H and O–H groups in total. The molecule has 150 valence electrons. The zero-order valence-corrected chi connectivity index (χ0v) is 16.8. The van der Waals surface area contributed by atoms with Crippen molar-refractivity contribution in [2.45, 2.75) is 46.3 Å². The maximum atomic E-state index is 12.3. The summed E-state index contributed by atoms with van der Waals surface area (Å²) in [5, 5.41) is 9.18. The summed E-state index contributed by atoms with van der Waals surface area (Å²) in [6.45, 7) is 12.7. The summed E-state index contributed by atoms with van der Waals surface area (Å²) in [5.74, 6) is -0.400. The highest BCUT2D eigenvalue weighted by molar-refractivity contribution is 5.89. The lowest BCUT2D eigenvalue weighted by Crippen LogP contribution is -2.55. The molecule has 1 aromatic carbocycles. The van der Waals surface area contributed by atoms with Gasteiger partial charge in [-0.25, -0.2) is 9.59 Å². The molecule has 27 heavy (non-hydrogen) atoms. The highest BCUT2D eigenvalue weighted by Crippen LogP contribution is 2.18. The van der Waals surface area contributed by atoms with E-state index in [0.29, 0.717) is 31.0 Å². The Balaban J connectivity index is 1.81. The maximum Gasteiger partial charge on any atom is 0.410 e. The topological polar surface area (TPSA) is 79.3 Å². The van der Waals surface area contributed by atoms with Crippen molar-refractivity contribution < 1.29 is 24.2 Å². The normalized spacial score (nSPS) is 18.3. The smallest absolute Gasteiger partial charge is 0.410 e. The number of hydrogen-bond acceptors (Lipinski definition) is 5. The van der Waals surface area contributed by atoms with Gasteiger partial charge >= 0.3 is 12.1 Å². The van der Waals surface area contributed by atoms with E-state index < -0.39 is 11.6 Å². The minimum Gasteiger partial charge on any atom is -0.492 e. The molecular formula is C20H30N2O5. The third-order valence-electron chi connectivity index (χ3n) is 4.46. The lowest BCUT2D eigenvalue weighted by molar-refractivity contribution is 0.000335. The molecule has 0 aromatic heterocycles. The second kappa shape index (κ2) is 8.61. The van der Waals surface area contributed by atoms with Crippen LogP contribution < -0.4 is 4.74 Å². The van der Waals surface area contributed by atoms with Gasteiger partial charge in [-0.05, 0) is 52.3 Å². The molecule has 0 spiro atoms. The van der Waals surface area contributed by atoms with E-state index in [1.54, 1.807) is 30.0 Å². The first-order valence-electron chi connectivity index (χ1n) is 9.25. The first kappa shape index (κ1) is 21.0. The molecule has 1 heterocycles. The Morgan fingerprint density at radius 2 is 1.96 bits per heavy atom. The van der Waals surface area contributed by atoms with Crippen molar-refractivity contribution in [1.29, 1.82) is 0 Å². The molecule has 1 amide bonds. The van der Waals surface area contributed by atoms with Gasteiger partial charge in [-0.2, -0.15) is 0 Å². The Labute approximate surface area is 160 Å². The Kier molecular flexibility index (Phi) is 6.70. The average molecular weight is 378 g/mol. The molecule has 0 saturated carbocycles. The van der Waals surface area contributed by atoms with E-state index in [9.17, 15) is 14.7 Å². The van der Waals surface area contributed by atoms with Crippen molar-refractivity contribution in [3.8, 4) is 5.75 Å². The van der Waals surface area contributed by atoms with Gasteiger partial charge in [0.15, 0.2) is 0 Å². The molecule has 0 aliphatic carbocycles. The molecule has 1 saturated heterocycles. The number of benzene rings is 1. The van der Waals surface area contributed by atoms with Crippen LogP contribution in [0, 0.1) is 6.92 Å². The minimum atomic E-state index is -0.954. The van der Waals surface area contributed by atoms with E-state index in [-0.39, 0.29) is 17.7 Å². The predicted octanol–water partition coefficient (Wildman–Crippen LogP) is 3.01. The van der Waals surface area contributed by atoms with Crippen LogP contribution in [0.3, 0.4) is 0 Å². The molecule has 7 heteroatoms. The molecular weight excluding hydrogens is 348 g/mol. The van der Waals surface area contributed by atoms with Crippen LogP contribution in [0.4, 0.5) is 4.79 Å². The van der Waals surface area contributed by atoms with Gasteiger partial charge in [0, 0.05) is 32.2 Å². The van der Waals surface area contributed by atoms with Crippen molar-refractivity contribution in [3.63, 3.8) is 0 Å². The number of rotatable bonds is 5. The molecule has 2 rings (SSSR count). The predicted molar refractivity (Wildman–Crippen MR) is 102 cm³/mol. The first-order valence-corrected chi connectivity index (χ1v) is 9.25. The number of aromatic carboxylic acids is 1. The van der Waals surface area contributed by atoms with Crippen molar-refractivity contribution in [1.82, 2.24) is 9.80 Å². The van der Waals surface area contributed by atoms with Gasteiger partial charge in [0.1, 0.15) is 18.0 Å². The lowest BCUT2D eigenvalue weighted by Gasteiger charge is -2.40. The summed E-state index contributed by atoms with van der Waals surface area (Å²) < 4.78 is 11.2. The van der Waals surface area contributed by atoms with Crippen LogP contribution >= 0.6 is 0 Å².